The Morgan fingerprint density at radius 1 is 0.564 bits per heavy atom. The summed E-state index contributed by atoms with van der Waals surface area (Å²) in [6, 6.07) is 40.1. The topological polar surface area (TPSA) is 57.2 Å². The Kier molecular flexibility index (Phi) is 9.54. The van der Waals surface area contributed by atoms with E-state index in [1.807, 2.05) is 121 Å². The van der Waals surface area contributed by atoms with Crippen LogP contribution in [0.25, 0.3) is 0 Å². The predicted octanol–water partition coefficient (Wildman–Crippen LogP) is 6.09. The van der Waals surface area contributed by atoms with Crippen LogP contribution in [0.15, 0.2) is 121 Å². The second-order valence-corrected chi connectivity index (χ2v) is 10.0. The molecule has 0 saturated heterocycles. The molecule has 4 aromatic carbocycles. The number of hydrogen-bond donors (Lipinski definition) is 1. The summed E-state index contributed by atoms with van der Waals surface area (Å²) in [4.78, 5) is 0. The molecule has 0 aliphatic heterocycles. The summed E-state index contributed by atoms with van der Waals surface area (Å²) < 4.78 is 25.9. The van der Waals surface area contributed by atoms with Crippen molar-refractivity contribution in [1.29, 1.82) is 0 Å². The minimum atomic E-state index is -1.11. The van der Waals surface area contributed by atoms with Crippen molar-refractivity contribution in [2.24, 2.45) is 0 Å². The summed E-state index contributed by atoms with van der Waals surface area (Å²) in [7, 11) is 0. The molecule has 1 aliphatic rings. The molecular formula is C34H36O5. The summed E-state index contributed by atoms with van der Waals surface area (Å²) in [6.45, 7) is 1.69. The fraction of sp³-hybridized carbons (Fsp3) is 0.294. The number of aliphatic hydroxyl groups excluding tert-OH is 1. The third-order valence-electron chi connectivity index (χ3n) is 7.21. The average molecular weight is 525 g/mol. The molecule has 1 unspecified atom stereocenters. The van der Waals surface area contributed by atoms with Crippen LogP contribution in [0.5, 0.6) is 0 Å². The quantitative estimate of drug-likeness (QED) is 0.229. The average Bonchev–Trinajstić information content (AvgIpc) is 3.26. The van der Waals surface area contributed by atoms with Gasteiger partial charge in [-0.05, 0) is 22.3 Å². The van der Waals surface area contributed by atoms with E-state index in [2.05, 4.69) is 0 Å². The van der Waals surface area contributed by atoms with Crippen LogP contribution in [-0.4, -0.2) is 35.6 Å². The van der Waals surface area contributed by atoms with Gasteiger partial charge in [0.15, 0.2) is 0 Å². The lowest BCUT2D eigenvalue weighted by Gasteiger charge is -2.38. The van der Waals surface area contributed by atoms with Crippen LogP contribution in [0, 0.1) is 0 Å². The van der Waals surface area contributed by atoms with E-state index >= 15 is 0 Å². The second kappa shape index (κ2) is 13.7. The summed E-state index contributed by atoms with van der Waals surface area (Å²) >= 11 is 0. The van der Waals surface area contributed by atoms with E-state index in [1.165, 1.54) is 0 Å². The molecule has 0 bridgehead atoms. The van der Waals surface area contributed by atoms with Crippen LogP contribution in [0.3, 0.4) is 0 Å². The lowest BCUT2D eigenvalue weighted by Crippen LogP contribution is -2.55. The molecule has 5 heteroatoms. The molecular weight excluding hydrogens is 488 g/mol. The zero-order valence-corrected chi connectivity index (χ0v) is 22.1. The molecule has 0 aromatic heterocycles. The van der Waals surface area contributed by atoms with Crippen molar-refractivity contribution in [3.8, 4) is 0 Å². The highest BCUT2D eigenvalue weighted by Gasteiger charge is 2.58. The van der Waals surface area contributed by atoms with Gasteiger partial charge < -0.3 is 24.1 Å². The molecule has 0 radical (unpaired) electrons. The van der Waals surface area contributed by atoms with Crippen LogP contribution < -0.4 is 0 Å². The van der Waals surface area contributed by atoms with Crippen molar-refractivity contribution in [2.45, 2.75) is 56.8 Å². The highest BCUT2D eigenvalue weighted by Crippen LogP contribution is 2.40. The van der Waals surface area contributed by atoms with Crippen LogP contribution in [0.1, 0.15) is 28.7 Å². The van der Waals surface area contributed by atoms with Gasteiger partial charge >= 0.3 is 0 Å². The van der Waals surface area contributed by atoms with E-state index in [9.17, 15) is 5.11 Å². The standard InChI is InChI=1S/C34H36O5/c35-32-21-31(37-23-28-15-7-2-8-16-28)33(38-24-29-17-9-3-10-18-29)34(32,39-25-30-19-11-4-12-20-30)26-36-22-27-13-5-1-6-14-27/h1-20,31-33,35H,21-26H2/t31-,32?,33+,34-/m1/s1. The Hall–Kier alpha value is -3.32. The summed E-state index contributed by atoms with van der Waals surface area (Å²) in [5.41, 5.74) is 3.07. The molecule has 1 aliphatic carbocycles. The van der Waals surface area contributed by atoms with Gasteiger partial charge in [-0.25, -0.2) is 0 Å². The van der Waals surface area contributed by atoms with Crippen LogP contribution in [0.2, 0.25) is 0 Å². The molecule has 4 aromatic rings. The maximum Gasteiger partial charge on any atom is 0.146 e. The zero-order valence-electron chi connectivity index (χ0n) is 22.1. The molecule has 5 nitrogen and oxygen atoms in total. The predicted molar refractivity (Wildman–Crippen MR) is 151 cm³/mol. The van der Waals surface area contributed by atoms with E-state index in [1.54, 1.807) is 0 Å². The van der Waals surface area contributed by atoms with Crippen LogP contribution in [-0.2, 0) is 45.4 Å². The van der Waals surface area contributed by atoms with Crippen LogP contribution >= 0.6 is 0 Å². The summed E-state index contributed by atoms with van der Waals surface area (Å²) in [6.07, 6.45) is -1.37. The summed E-state index contributed by atoms with van der Waals surface area (Å²) in [5, 5.41) is 11.6. The minimum Gasteiger partial charge on any atom is -0.390 e. The van der Waals surface area contributed by atoms with E-state index < -0.39 is 17.8 Å². The van der Waals surface area contributed by atoms with Gasteiger partial charge in [-0.1, -0.05) is 121 Å². The van der Waals surface area contributed by atoms with Crippen molar-refractivity contribution in [2.75, 3.05) is 6.61 Å². The molecule has 5 rings (SSSR count). The van der Waals surface area contributed by atoms with Crippen molar-refractivity contribution >= 4 is 0 Å². The van der Waals surface area contributed by atoms with Gasteiger partial charge in [0, 0.05) is 6.42 Å². The van der Waals surface area contributed by atoms with E-state index in [0.717, 1.165) is 22.3 Å². The molecule has 202 valence electrons. The molecule has 0 spiro atoms. The zero-order chi connectivity index (χ0) is 26.8. The van der Waals surface area contributed by atoms with E-state index in [-0.39, 0.29) is 12.7 Å². The monoisotopic (exact) mass is 524 g/mol. The first kappa shape index (κ1) is 27.3. The Balaban J connectivity index is 1.39. The SMILES string of the molecule is OC1C[C@@H](OCc2ccccc2)[C@H](OCc2ccccc2)[C@]1(COCc1ccccc1)OCc1ccccc1. The maximum absolute atomic E-state index is 11.6. The van der Waals surface area contributed by atoms with Gasteiger partial charge in [0.2, 0.25) is 0 Å². The van der Waals surface area contributed by atoms with Crippen molar-refractivity contribution in [3.63, 3.8) is 0 Å². The van der Waals surface area contributed by atoms with Crippen LogP contribution in [0.4, 0.5) is 0 Å². The second-order valence-electron chi connectivity index (χ2n) is 10.0. The molecule has 0 amide bonds. The first-order valence-electron chi connectivity index (χ1n) is 13.5. The molecule has 39 heavy (non-hydrogen) atoms. The first-order chi connectivity index (χ1) is 19.2. The number of benzene rings is 4. The molecule has 1 fully saturated rings. The molecule has 1 N–H and O–H groups in total. The van der Waals surface area contributed by atoms with Crippen molar-refractivity contribution < 1.29 is 24.1 Å². The van der Waals surface area contributed by atoms with E-state index in [0.29, 0.717) is 32.8 Å². The summed E-state index contributed by atoms with van der Waals surface area (Å²) in [5.74, 6) is 0. The maximum atomic E-state index is 11.6. The number of ether oxygens (including phenoxy) is 4. The Morgan fingerprint density at radius 3 is 1.51 bits per heavy atom. The first-order valence-corrected chi connectivity index (χ1v) is 13.5. The lowest BCUT2D eigenvalue weighted by atomic mass is 9.97. The smallest absolute Gasteiger partial charge is 0.146 e. The number of aliphatic hydroxyl groups is 1. The fourth-order valence-corrected chi connectivity index (χ4v) is 5.08. The normalized spacial score (nSPS) is 22.6. The van der Waals surface area contributed by atoms with Crippen molar-refractivity contribution in [1.82, 2.24) is 0 Å². The van der Waals surface area contributed by atoms with Gasteiger partial charge in [-0.15, -0.1) is 0 Å². The van der Waals surface area contributed by atoms with Gasteiger partial charge in [-0.2, -0.15) is 0 Å². The molecule has 4 atom stereocenters. The van der Waals surface area contributed by atoms with Gasteiger partial charge in [0.25, 0.3) is 0 Å². The number of rotatable bonds is 13. The minimum absolute atomic E-state index is 0.167. The highest BCUT2D eigenvalue weighted by atomic mass is 16.6. The van der Waals surface area contributed by atoms with Gasteiger partial charge in [-0.3, -0.25) is 0 Å². The molecule has 1 saturated carbocycles. The lowest BCUT2D eigenvalue weighted by molar-refractivity contribution is -0.219. The third kappa shape index (κ3) is 7.21. The Bertz CT molecular complexity index is 1240. The van der Waals surface area contributed by atoms with E-state index in [4.69, 9.17) is 18.9 Å². The Morgan fingerprint density at radius 2 is 1.00 bits per heavy atom. The highest BCUT2D eigenvalue weighted by molar-refractivity contribution is 5.18. The third-order valence-corrected chi connectivity index (χ3v) is 7.21. The molecule has 0 heterocycles. The largest absolute Gasteiger partial charge is 0.390 e. The van der Waals surface area contributed by atoms with Gasteiger partial charge in [0.05, 0.1) is 45.2 Å². The van der Waals surface area contributed by atoms with Gasteiger partial charge in [0.1, 0.15) is 11.7 Å². The fourth-order valence-electron chi connectivity index (χ4n) is 5.08. The number of hydrogen-bond acceptors (Lipinski definition) is 5. The Labute approximate surface area is 230 Å². The van der Waals surface area contributed by atoms with Crippen molar-refractivity contribution in [3.05, 3.63) is 144 Å².